The second-order valence-electron chi connectivity index (χ2n) is 5.70. The molecule has 4 nitrogen and oxygen atoms in total. The molecule has 0 heterocycles. The predicted octanol–water partition coefficient (Wildman–Crippen LogP) is 4.23. The molecule has 0 aliphatic rings. The zero-order valence-corrected chi connectivity index (χ0v) is 15.3. The number of hydrogen-bond acceptors (Lipinski definition) is 2. The van der Waals surface area contributed by atoms with Crippen molar-refractivity contribution in [3.05, 3.63) is 64.6 Å². The summed E-state index contributed by atoms with van der Waals surface area (Å²) in [6, 6.07) is 15.7. The number of carbonyl (C=O) groups is 2. The van der Waals surface area contributed by atoms with Crippen LogP contribution in [0.1, 0.15) is 30.6 Å². The van der Waals surface area contributed by atoms with Crippen molar-refractivity contribution in [3.8, 4) is 0 Å². The van der Waals surface area contributed by atoms with Crippen LogP contribution in [0.25, 0.3) is 0 Å². The largest absolute Gasteiger partial charge is 0.340 e. The molecule has 2 atom stereocenters. The summed E-state index contributed by atoms with van der Waals surface area (Å²) in [6.07, 6.45) is 0.785. The maximum atomic E-state index is 12.6. The molecule has 5 heteroatoms. The van der Waals surface area contributed by atoms with E-state index < -0.39 is 6.04 Å². The lowest BCUT2D eigenvalue weighted by atomic mass is 9.97. The molecule has 126 valence electrons. The van der Waals surface area contributed by atoms with Crippen LogP contribution >= 0.6 is 15.9 Å². The fraction of sp³-hybridized carbons (Fsp3) is 0.263. The molecule has 24 heavy (non-hydrogen) atoms. The molecule has 2 amide bonds. The van der Waals surface area contributed by atoms with E-state index >= 15 is 0 Å². The van der Waals surface area contributed by atoms with Gasteiger partial charge in [-0.2, -0.15) is 0 Å². The highest BCUT2D eigenvalue weighted by atomic mass is 79.9. The van der Waals surface area contributed by atoms with Crippen molar-refractivity contribution in [1.29, 1.82) is 0 Å². The second kappa shape index (κ2) is 8.64. The number of carbonyl (C=O) groups excluding carboxylic acids is 2. The lowest BCUT2D eigenvalue weighted by molar-refractivity contribution is -0.119. The maximum Gasteiger partial charge on any atom is 0.251 e. The number of hydrogen-bond donors (Lipinski definition) is 2. The Morgan fingerprint density at radius 3 is 2.25 bits per heavy atom. The Kier molecular flexibility index (Phi) is 6.55. The van der Waals surface area contributed by atoms with Crippen molar-refractivity contribution in [1.82, 2.24) is 5.32 Å². The first-order valence-electron chi connectivity index (χ1n) is 7.93. The van der Waals surface area contributed by atoms with Gasteiger partial charge in [0.25, 0.3) is 5.91 Å². The van der Waals surface area contributed by atoms with Crippen molar-refractivity contribution >= 4 is 33.4 Å². The van der Waals surface area contributed by atoms with E-state index in [1.807, 2.05) is 44.2 Å². The van der Waals surface area contributed by atoms with Crippen molar-refractivity contribution in [3.63, 3.8) is 0 Å². The van der Waals surface area contributed by atoms with Crippen LogP contribution in [0.3, 0.4) is 0 Å². The van der Waals surface area contributed by atoms with Gasteiger partial charge in [-0.3, -0.25) is 9.59 Å². The molecule has 0 radical (unpaired) electrons. The minimum atomic E-state index is -0.591. The van der Waals surface area contributed by atoms with E-state index in [0.717, 1.165) is 10.9 Å². The number of rotatable bonds is 6. The summed E-state index contributed by atoms with van der Waals surface area (Å²) in [4.78, 5) is 25.0. The lowest BCUT2D eigenvalue weighted by Gasteiger charge is -2.23. The molecule has 0 spiro atoms. The van der Waals surface area contributed by atoms with Gasteiger partial charge in [0, 0.05) is 15.7 Å². The van der Waals surface area contributed by atoms with Crippen LogP contribution in [-0.4, -0.2) is 17.9 Å². The average molecular weight is 389 g/mol. The zero-order valence-electron chi connectivity index (χ0n) is 13.8. The average Bonchev–Trinajstić information content (AvgIpc) is 2.61. The van der Waals surface area contributed by atoms with E-state index in [1.165, 1.54) is 0 Å². The van der Waals surface area contributed by atoms with Gasteiger partial charge in [0.1, 0.15) is 6.04 Å². The number of nitrogens with one attached hydrogen (secondary N) is 2. The van der Waals surface area contributed by atoms with Crippen molar-refractivity contribution in [2.75, 3.05) is 5.32 Å². The van der Waals surface area contributed by atoms with Gasteiger partial charge in [-0.15, -0.1) is 0 Å². The third kappa shape index (κ3) is 4.93. The highest BCUT2D eigenvalue weighted by molar-refractivity contribution is 9.10. The van der Waals surface area contributed by atoms with Gasteiger partial charge in [-0.25, -0.2) is 0 Å². The highest BCUT2D eigenvalue weighted by Crippen LogP contribution is 2.16. The van der Waals surface area contributed by atoms with E-state index in [0.29, 0.717) is 11.3 Å². The van der Waals surface area contributed by atoms with Gasteiger partial charge >= 0.3 is 0 Å². The van der Waals surface area contributed by atoms with Crippen LogP contribution in [-0.2, 0) is 4.79 Å². The van der Waals surface area contributed by atoms with Crippen molar-refractivity contribution in [2.24, 2.45) is 5.92 Å². The molecular weight excluding hydrogens is 368 g/mol. The standard InChI is InChI=1S/C19H21BrN2O2/c1-3-13(2)17(22-18(23)14-7-5-4-6-8-14)19(24)21-16-11-9-15(20)10-12-16/h4-13,17H,3H2,1-2H3,(H,21,24)(H,22,23). The first kappa shape index (κ1) is 18.2. The Balaban J connectivity index is 2.11. The van der Waals surface area contributed by atoms with Gasteiger partial charge in [0.2, 0.25) is 5.91 Å². The monoisotopic (exact) mass is 388 g/mol. The summed E-state index contributed by atoms with van der Waals surface area (Å²) in [5.41, 5.74) is 1.24. The quantitative estimate of drug-likeness (QED) is 0.777. The molecule has 0 aliphatic heterocycles. The molecule has 0 aliphatic carbocycles. The molecule has 0 bridgehead atoms. The minimum absolute atomic E-state index is 0.0214. The summed E-state index contributed by atoms with van der Waals surface area (Å²) in [7, 11) is 0. The summed E-state index contributed by atoms with van der Waals surface area (Å²) in [5, 5.41) is 5.72. The van der Waals surface area contributed by atoms with E-state index in [9.17, 15) is 9.59 Å². The minimum Gasteiger partial charge on any atom is -0.340 e. The maximum absolute atomic E-state index is 12.6. The van der Waals surface area contributed by atoms with Gasteiger partial charge in [-0.05, 0) is 42.3 Å². The molecule has 0 saturated carbocycles. The number of anilines is 1. The predicted molar refractivity (Wildman–Crippen MR) is 99.9 cm³/mol. The Bertz CT molecular complexity index is 686. The van der Waals surface area contributed by atoms with Gasteiger partial charge in [-0.1, -0.05) is 54.4 Å². The number of benzene rings is 2. The van der Waals surface area contributed by atoms with Gasteiger partial charge < -0.3 is 10.6 Å². The molecule has 2 unspecified atom stereocenters. The molecule has 0 saturated heterocycles. The smallest absolute Gasteiger partial charge is 0.251 e. The second-order valence-corrected chi connectivity index (χ2v) is 6.61. The molecular formula is C19H21BrN2O2. The summed E-state index contributed by atoms with van der Waals surface area (Å²) < 4.78 is 0.941. The topological polar surface area (TPSA) is 58.2 Å². The van der Waals surface area contributed by atoms with Crippen molar-refractivity contribution < 1.29 is 9.59 Å². The lowest BCUT2D eigenvalue weighted by Crippen LogP contribution is -2.47. The van der Waals surface area contributed by atoms with Crippen LogP contribution in [0.15, 0.2) is 59.1 Å². The first-order valence-corrected chi connectivity index (χ1v) is 8.73. The molecule has 2 aromatic carbocycles. The van der Waals surface area contributed by atoms with Gasteiger partial charge in [0.05, 0.1) is 0 Å². The first-order chi connectivity index (χ1) is 11.5. The summed E-state index contributed by atoms with van der Waals surface area (Å²) in [6.45, 7) is 3.95. The Hall–Kier alpha value is -2.14. The highest BCUT2D eigenvalue weighted by Gasteiger charge is 2.26. The number of amides is 2. The van der Waals surface area contributed by atoms with Crippen LogP contribution in [0.5, 0.6) is 0 Å². The third-order valence-corrected chi connectivity index (χ3v) is 4.46. The fourth-order valence-corrected chi connectivity index (χ4v) is 2.53. The SMILES string of the molecule is CCC(C)C(NC(=O)c1ccccc1)C(=O)Nc1ccc(Br)cc1. The summed E-state index contributed by atoms with van der Waals surface area (Å²) in [5.74, 6) is -0.434. The normalized spacial score (nSPS) is 13.0. The van der Waals surface area contributed by atoms with E-state index in [4.69, 9.17) is 0 Å². The third-order valence-electron chi connectivity index (χ3n) is 3.93. The molecule has 2 rings (SSSR count). The van der Waals surface area contributed by atoms with Crippen LogP contribution in [0.4, 0.5) is 5.69 Å². The van der Waals surface area contributed by atoms with E-state index in [1.54, 1.807) is 24.3 Å². The Morgan fingerprint density at radius 2 is 1.67 bits per heavy atom. The molecule has 0 aromatic heterocycles. The molecule has 2 N–H and O–H groups in total. The Labute approximate surface area is 150 Å². The number of halogens is 1. The Morgan fingerprint density at radius 1 is 1.04 bits per heavy atom. The fourth-order valence-electron chi connectivity index (χ4n) is 2.27. The zero-order chi connectivity index (χ0) is 17.5. The van der Waals surface area contributed by atoms with E-state index in [-0.39, 0.29) is 17.7 Å². The summed E-state index contributed by atoms with van der Waals surface area (Å²) >= 11 is 3.36. The van der Waals surface area contributed by atoms with Gasteiger partial charge in [0.15, 0.2) is 0 Å². The van der Waals surface area contributed by atoms with Crippen LogP contribution < -0.4 is 10.6 Å². The van der Waals surface area contributed by atoms with Crippen LogP contribution in [0, 0.1) is 5.92 Å². The van der Waals surface area contributed by atoms with E-state index in [2.05, 4.69) is 26.6 Å². The molecule has 2 aromatic rings. The van der Waals surface area contributed by atoms with Crippen LogP contribution in [0.2, 0.25) is 0 Å². The van der Waals surface area contributed by atoms with Crippen molar-refractivity contribution in [2.45, 2.75) is 26.3 Å². The molecule has 0 fully saturated rings.